The van der Waals surface area contributed by atoms with Gasteiger partial charge in [0, 0.05) is 13.3 Å². The van der Waals surface area contributed by atoms with Gasteiger partial charge in [-0.05, 0) is 30.9 Å². The predicted molar refractivity (Wildman–Crippen MR) is 78.2 cm³/mol. The van der Waals surface area contributed by atoms with Crippen molar-refractivity contribution in [3.8, 4) is 5.75 Å². The molecule has 1 aromatic heterocycles. The van der Waals surface area contributed by atoms with Gasteiger partial charge in [0.25, 0.3) is 0 Å². The fourth-order valence-corrected chi connectivity index (χ4v) is 3.38. The van der Waals surface area contributed by atoms with Crippen molar-refractivity contribution in [1.82, 2.24) is 10.4 Å². The Bertz CT molecular complexity index is 441. The highest BCUT2D eigenvalue weighted by molar-refractivity contribution is 5.31. The molecule has 1 aromatic rings. The van der Waals surface area contributed by atoms with Crippen molar-refractivity contribution in [2.75, 3.05) is 14.2 Å². The summed E-state index contributed by atoms with van der Waals surface area (Å²) in [4.78, 5) is 4.47. The molecule has 3 unspecified atom stereocenters. The molecule has 0 amide bonds. The van der Waals surface area contributed by atoms with Crippen molar-refractivity contribution in [3.05, 3.63) is 24.0 Å². The van der Waals surface area contributed by atoms with Gasteiger partial charge in [0.15, 0.2) is 0 Å². The number of nitrogens with zero attached hydrogens (tertiary/aromatic N) is 1. The summed E-state index contributed by atoms with van der Waals surface area (Å²) in [7, 11) is 3.41. The summed E-state index contributed by atoms with van der Waals surface area (Å²) in [6.45, 7) is 2.26. The van der Waals surface area contributed by atoms with Gasteiger partial charge in [-0.1, -0.05) is 19.8 Å². The van der Waals surface area contributed by atoms with Crippen LogP contribution < -0.4 is 16.0 Å². The lowest BCUT2D eigenvalue weighted by atomic mass is 9.73. The van der Waals surface area contributed by atoms with Crippen LogP contribution >= 0.6 is 0 Å². The average molecular weight is 279 g/mol. The minimum atomic E-state index is -0.325. The first kappa shape index (κ1) is 15.2. The van der Waals surface area contributed by atoms with Gasteiger partial charge in [0.05, 0.1) is 18.8 Å². The molecular weight excluding hydrogens is 254 g/mol. The fraction of sp³-hybridized carbons (Fsp3) is 0.667. The number of ether oxygens (including phenoxy) is 2. The van der Waals surface area contributed by atoms with Crippen LogP contribution in [-0.2, 0) is 4.74 Å². The molecular formula is C15H25N3O2. The number of methoxy groups -OCH3 is 2. The Labute approximate surface area is 120 Å². The van der Waals surface area contributed by atoms with Crippen LogP contribution in [0.2, 0.25) is 0 Å². The van der Waals surface area contributed by atoms with Gasteiger partial charge >= 0.3 is 0 Å². The molecule has 1 fully saturated rings. The van der Waals surface area contributed by atoms with Crippen molar-refractivity contribution < 1.29 is 9.47 Å². The minimum absolute atomic E-state index is 0.175. The number of aromatic nitrogens is 1. The molecule has 1 heterocycles. The SMILES string of the molecule is COc1cccnc1C(NN)C1(OC)CCCC(C)C1. The maximum atomic E-state index is 5.92. The van der Waals surface area contributed by atoms with Gasteiger partial charge in [0.1, 0.15) is 11.4 Å². The van der Waals surface area contributed by atoms with Crippen molar-refractivity contribution in [2.24, 2.45) is 11.8 Å². The molecule has 3 atom stereocenters. The van der Waals surface area contributed by atoms with E-state index in [1.165, 1.54) is 6.42 Å². The smallest absolute Gasteiger partial charge is 0.142 e. The first-order chi connectivity index (χ1) is 9.66. The molecule has 20 heavy (non-hydrogen) atoms. The lowest BCUT2D eigenvalue weighted by molar-refractivity contribution is -0.0819. The molecule has 5 heteroatoms. The molecule has 0 aromatic carbocycles. The lowest BCUT2D eigenvalue weighted by Gasteiger charge is -2.44. The van der Waals surface area contributed by atoms with E-state index < -0.39 is 0 Å². The zero-order valence-corrected chi connectivity index (χ0v) is 12.6. The van der Waals surface area contributed by atoms with Crippen molar-refractivity contribution in [3.63, 3.8) is 0 Å². The van der Waals surface area contributed by atoms with Crippen LogP contribution in [-0.4, -0.2) is 24.8 Å². The number of nitrogens with two attached hydrogens (primary N) is 1. The van der Waals surface area contributed by atoms with E-state index in [2.05, 4.69) is 17.3 Å². The maximum Gasteiger partial charge on any atom is 0.142 e. The Hall–Kier alpha value is -1.17. The van der Waals surface area contributed by atoms with Crippen LogP contribution in [0.1, 0.15) is 44.3 Å². The zero-order valence-electron chi connectivity index (χ0n) is 12.6. The monoisotopic (exact) mass is 279 g/mol. The fourth-order valence-electron chi connectivity index (χ4n) is 3.38. The summed E-state index contributed by atoms with van der Waals surface area (Å²) in [5, 5.41) is 0. The molecule has 112 valence electrons. The van der Waals surface area contributed by atoms with Crippen LogP contribution in [0.4, 0.5) is 0 Å². The second kappa shape index (κ2) is 6.52. The Morgan fingerprint density at radius 2 is 2.30 bits per heavy atom. The Kier molecular flexibility index (Phi) is 4.96. The van der Waals surface area contributed by atoms with Crippen LogP contribution in [0.3, 0.4) is 0 Å². The summed E-state index contributed by atoms with van der Waals surface area (Å²) in [6.07, 6.45) is 6.09. The van der Waals surface area contributed by atoms with Gasteiger partial charge in [-0.2, -0.15) is 0 Å². The van der Waals surface area contributed by atoms with E-state index >= 15 is 0 Å². The third kappa shape index (κ3) is 2.80. The van der Waals surface area contributed by atoms with Crippen LogP contribution in [0.25, 0.3) is 0 Å². The van der Waals surface area contributed by atoms with Crippen molar-refractivity contribution in [1.29, 1.82) is 0 Å². The van der Waals surface area contributed by atoms with Gasteiger partial charge in [0.2, 0.25) is 0 Å². The predicted octanol–water partition coefficient (Wildman–Crippen LogP) is 2.19. The van der Waals surface area contributed by atoms with E-state index in [-0.39, 0.29) is 11.6 Å². The highest BCUT2D eigenvalue weighted by atomic mass is 16.5. The van der Waals surface area contributed by atoms with Crippen LogP contribution in [0.5, 0.6) is 5.75 Å². The van der Waals surface area contributed by atoms with E-state index in [4.69, 9.17) is 15.3 Å². The molecule has 2 rings (SSSR count). The Balaban J connectivity index is 2.38. The Morgan fingerprint density at radius 3 is 2.90 bits per heavy atom. The number of pyridine rings is 1. The van der Waals surface area contributed by atoms with Gasteiger partial charge in [-0.25, -0.2) is 5.43 Å². The molecule has 0 spiro atoms. The Morgan fingerprint density at radius 1 is 1.50 bits per heavy atom. The molecule has 5 nitrogen and oxygen atoms in total. The van der Waals surface area contributed by atoms with E-state index in [1.54, 1.807) is 20.4 Å². The standard InChI is InChI=1S/C15H25N3O2/c1-11-6-4-8-15(10-11,20-3)14(18-16)13-12(19-2)7-5-9-17-13/h5,7,9,11,14,18H,4,6,8,10,16H2,1-3H3. The van der Waals surface area contributed by atoms with E-state index in [0.29, 0.717) is 5.92 Å². The number of rotatable bonds is 5. The van der Waals surface area contributed by atoms with Gasteiger partial charge in [-0.15, -0.1) is 0 Å². The van der Waals surface area contributed by atoms with Crippen LogP contribution in [0.15, 0.2) is 18.3 Å². The third-order valence-corrected chi connectivity index (χ3v) is 4.38. The summed E-state index contributed by atoms with van der Waals surface area (Å²) in [6, 6.07) is 3.59. The molecule has 3 N–H and O–H groups in total. The topological polar surface area (TPSA) is 69.4 Å². The quantitative estimate of drug-likeness (QED) is 0.638. The third-order valence-electron chi connectivity index (χ3n) is 4.38. The average Bonchev–Trinajstić information content (AvgIpc) is 2.48. The number of hydrogen-bond acceptors (Lipinski definition) is 5. The zero-order chi connectivity index (χ0) is 14.6. The normalized spacial score (nSPS) is 28.1. The number of hydrogen-bond donors (Lipinski definition) is 2. The van der Waals surface area contributed by atoms with E-state index in [0.717, 1.165) is 30.7 Å². The number of nitrogens with one attached hydrogen (secondary N) is 1. The highest BCUT2D eigenvalue weighted by Crippen LogP contribution is 2.44. The second-order valence-electron chi connectivity index (χ2n) is 5.66. The molecule has 0 saturated heterocycles. The first-order valence-electron chi connectivity index (χ1n) is 7.17. The summed E-state index contributed by atoms with van der Waals surface area (Å²) in [5.41, 5.74) is 3.40. The van der Waals surface area contributed by atoms with Gasteiger partial charge in [-0.3, -0.25) is 10.8 Å². The molecule has 0 bridgehead atoms. The van der Waals surface area contributed by atoms with Gasteiger partial charge < -0.3 is 9.47 Å². The molecule has 0 aliphatic heterocycles. The second-order valence-corrected chi connectivity index (χ2v) is 5.66. The van der Waals surface area contributed by atoms with E-state index in [9.17, 15) is 0 Å². The summed E-state index contributed by atoms with van der Waals surface area (Å²) >= 11 is 0. The van der Waals surface area contributed by atoms with Crippen LogP contribution in [0, 0.1) is 5.92 Å². The van der Waals surface area contributed by atoms with Crippen molar-refractivity contribution >= 4 is 0 Å². The first-order valence-corrected chi connectivity index (χ1v) is 7.17. The largest absolute Gasteiger partial charge is 0.495 e. The highest BCUT2D eigenvalue weighted by Gasteiger charge is 2.44. The number of hydrazine groups is 1. The van der Waals surface area contributed by atoms with Crippen molar-refractivity contribution in [2.45, 2.75) is 44.2 Å². The molecule has 0 radical (unpaired) electrons. The maximum absolute atomic E-state index is 5.92. The summed E-state index contributed by atoms with van der Waals surface area (Å²) < 4.78 is 11.3. The lowest BCUT2D eigenvalue weighted by Crippen LogP contribution is -2.50. The minimum Gasteiger partial charge on any atom is -0.495 e. The molecule has 1 aliphatic rings. The summed E-state index contributed by atoms with van der Waals surface area (Å²) in [5.74, 6) is 7.20. The van der Waals surface area contributed by atoms with E-state index in [1.807, 2.05) is 12.1 Å². The molecule has 1 saturated carbocycles. The molecule has 1 aliphatic carbocycles.